The Kier molecular flexibility index (Phi) is 3.72. The lowest BCUT2D eigenvalue weighted by molar-refractivity contribution is 0.0847. The summed E-state index contributed by atoms with van der Waals surface area (Å²) in [5.41, 5.74) is 3.11. The second-order valence-electron chi connectivity index (χ2n) is 6.99. The molecule has 26 heavy (non-hydrogen) atoms. The Morgan fingerprint density at radius 3 is 2.65 bits per heavy atom. The molecule has 0 atom stereocenters. The molecule has 0 spiro atoms. The maximum Gasteiger partial charge on any atom is 0.417 e. The molecule has 4 rings (SSSR count). The molecule has 0 aliphatic carbocycles. The van der Waals surface area contributed by atoms with Crippen LogP contribution < -0.4 is 21.1 Å². The van der Waals surface area contributed by atoms with E-state index >= 15 is 0 Å². The number of rotatable bonds is 2. The van der Waals surface area contributed by atoms with Gasteiger partial charge >= 0.3 is 11.8 Å². The molecule has 1 aliphatic rings. The molecular weight excluding hydrogens is 334 g/mol. The fraction of sp³-hybridized carbons (Fsp3) is 0.263. The van der Waals surface area contributed by atoms with E-state index in [-0.39, 0.29) is 11.6 Å². The van der Waals surface area contributed by atoms with Crippen molar-refractivity contribution in [3.63, 3.8) is 0 Å². The summed E-state index contributed by atoms with van der Waals surface area (Å²) in [5, 5.41) is 5.54. The van der Waals surface area contributed by atoms with Gasteiger partial charge < -0.3 is 19.8 Å². The van der Waals surface area contributed by atoms with Gasteiger partial charge in [-0.25, -0.2) is 9.59 Å². The van der Waals surface area contributed by atoms with Crippen LogP contribution >= 0.6 is 0 Å². The third-order valence-electron chi connectivity index (χ3n) is 4.38. The zero-order valence-electron chi connectivity index (χ0n) is 14.5. The van der Waals surface area contributed by atoms with Crippen LogP contribution in [0.5, 0.6) is 5.75 Å². The van der Waals surface area contributed by atoms with Crippen molar-refractivity contribution >= 4 is 28.5 Å². The summed E-state index contributed by atoms with van der Waals surface area (Å²) < 4.78 is 10.9. The monoisotopic (exact) mass is 353 g/mol. The molecular formula is C19H19N3O4. The first-order chi connectivity index (χ1) is 12.4. The van der Waals surface area contributed by atoms with E-state index in [1.165, 1.54) is 0 Å². The van der Waals surface area contributed by atoms with E-state index in [9.17, 15) is 9.59 Å². The van der Waals surface area contributed by atoms with Gasteiger partial charge in [-0.1, -0.05) is 0 Å². The summed E-state index contributed by atoms with van der Waals surface area (Å²) in [6.07, 6.45) is 1.83. The number of H-pyrrole nitrogens is 1. The molecule has 2 heterocycles. The maximum absolute atomic E-state index is 12.2. The van der Waals surface area contributed by atoms with E-state index in [1.807, 2.05) is 18.2 Å². The fourth-order valence-electron chi connectivity index (χ4n) is 3.05. The van der Waals surface area contributed by atoms with Crippen molar-refractivity contribution < 1.29 is 13.9 Å². The number of aryl methyl sites for hydroxylation is 1. The third kappa shape index (κ3) is 3.28. The number of aromatic nitrogens is 1. The summed E-state index contributed by atoms with van der Waals surface area (Å²) >= 11 is 0. The molecule has 0 radical (unpaired) electrons. The Labute approximate surface area is 149 Å². The Hall–Kier alpha value is -3.22. The van der Waals surface area contributed by atoms with Crippen LogP contribution in [0.2, 0.25) is 0 Å². The van der Waals surface area contributed by atoms with Crippen molar-refractivity contribution in [2.45, 2.75) is 32.3 Å². The molecule has 0 saturated heterocycles. The van der Waals surface area contributed by atoms with Crippen molar-refractivity contribution in [2.24, 2.45) is 0 Å². The van der Waals surface area contributed by atoms with Crippen LogP contribution in [0.3, 0.4) is 0 Å². The number of anilines is 2. The van der Waals surface area contributed by atoms with Gasteiger partial charge in [0, 0.05) is 17.4 Å². The lowest BCUT2D eigenvalue weighted by Crippen LogP contribution is -2.32. The van der Waals surface area contributed by atoms with Gasteiger partial charge in [0.2, 0.25) is 0 Å². The second-order valence-corrected chi connectivity index (χ2v) is 6.99. The van der Waals surface area contributed by atoms with Crippen LogP contribution in [0, 0.1) is 0 Å². The quantitative estimate of drug-likeness (QED) is 0.651. The smallest absolute Gasteiger partial charge is 0.417 e. The van der Waals surface area contributed by atoms with E-state index in [1.54, 1.807) is 18.2 Å². The predicted octanol–water partition coefficient (Wildman–Crippen LogP) is 3.87. The van der Waals surface area contributed by atoms with Crippen LogP contribution in [0.15, 0.2) is 45.6 Å². The zero-order valence-corrected chi connectivity index (χ0v) is 14.5. The number of benzene rings is 2. The predicted molar refractivity (Wildman–Crippen MR) is 98.9 cm³/mol. The van der Waals surface area contributed by atoms with Gasteiger partial charge in [-0.05, 0) is 62.6 Å². The first-order valence-corrected chi connectivity index (χ1v) is 8.41. The van der Waals surface area contributed by atoms with Gasteiger partial charge in [0.25, 0.3) is 0 Å². The van der Waals surface area contributed by atoms with Gasteiger partial charge in [-0.2, -0.15) is 0 Å². The van der Waals surface area contributed by atoms with Crippen molar-refractivity contribution in [1.82, 2.24) is 4.98 Å². The number of urea groups is 1. The van der Waals surface area contributed by atoms with Gasteiger partial charge in [0.05, 0.1) is 5.52 Å². The summed E-state index contributed by atoms with van der Waals surface area (Å²) in [5.74, 6) is 0.334. The molecule has 0 unspecified atom stereocenters. The number of aromatic amines is 1. The van der Waals surface area contributed by atoms with E-state index in [0.29, 0.717) is 22.5 Å². The Morgan fingerprint density at radius 1 is 1.12 bits per heavy atom. The number of fused-ring (bicyclic) bond motifs is 2. The molecule has 0 fully saturated rings. The molecule has 3 N–H and O–H groups in total. The number of ether oxygens (including phenoxy) is 1. The minimum atomic E-state index is -0.527. The SMILES string of the molecule is CC1(C)CCc2cc(NC(=O)Nc3ccc4[nH]c(=O)oc4c3)ccc2O1. The van der Waals surface area contributed by atoms with Gasteiger partial charge in [-0.15, -0.1) is 0 Å². The van der Waals surface area contributed by atoms with Gasteiger partial charge in [0.1, 0.15) is 11.4 Å². The topological polar surface area (TPSA) is 96.4 Å². The van der Waals surface area contributed by atoms with Crippen LogP contribution in [0.1, 0.15) is 25.8 Å². The summed E-state index contributed by atoms with van der Waals surface area (Å²) in [4.78, 5) is 26.0. The standard InChI is InChI=1S/C19H19N3O4/c1-19(2)8-7-11-9-12(4-6-15(11)26-19)20-17(23)21-13-3-5-14-16(10-13)25-18(24)22-14/h3-6,9-10H,7-8H2,1-2H3,(H,22,24)(H2,20,21,23). The normalized spacial score (nSPS) is 15.2. The molecule has 2 amide bonds. The van der Waals surface area contributed by atoms with E-state index < -0.39 is 5.76 Å². The van der Waals surface area contributed by atoms with E-state index in [2.05, 4.69) is 29.5 Å². The first-order valence-electron chi connectivity index (χ1n) is 8.41. The summed E-state index contributed by atoms with van der Waals surface area (Å²) in [6, 6.07) is 10.2. The number of amides is 2. The first kappa shape index (κ1) is 16.3. The van der Waals surface area contributed by atoms with E-state index in [4.69, 9.17) is 9.15 Å². The Bertz CT molecular complexity index is 1050. The largest absolute Gasteiger partial charge is 0.488 e. The number of carbonyl (C=O) groups is 1. The van der Waals surface area contributed by atoms with Crippen LogP contribution in [-0.2, 0) is 6.42 Å². The zero-order chi connectivity index (χ0) is 18.3. The lowest BCUT2D eigenvalue weighted by Gasteiger charge is -2.32. The maximum atomic E-state index is 12.2. The number of oxazole rings is 1. The molecule has 3 aromatic rings. The summed E-state index contributed by atoms with van der Waals surface area (Å²) in [6.45, 7) is 4.14. The highest BCUT2D eigenvalue weighted by Crippen LogP contribution is 2.34. The van der Waals surface area contributed by atoms with Crippen LogP contribution in [0.25, 0.3) is 11.1 Å². The lowest BCUT2D eigenvalue weighted by atomic mass is 9.94. The molecule has 1 aromatic heterocycles. The van der Waals surface area contributed by atoms with Crippen molar-refractivity contribution in [1.29, 1.82) is 0 Å². The van der Waals surface area contributed by atoms with E-state index in [0.717, 1.165) is 24.2 Å². The number of hydrogen-bond donors (Lipinski definition) is 3. The molecule has 7 heteroatoms. The fourth-order valence-corrected chi connectivity index (χ4v) is 3.05. The van der Waals surface area contributed by atoms with Gasteiger partial charge in [-0.3, -0.25) is 4.98 Å². The second kappa shape index (κ2) is 5.94. The molecule has 2 aromatic carbocycles. The number of nitrogens with one attached hydrogen (secondary N) is 3. The van der Waals surface area contributed by atoms with Gasteiger partial charge in [0.15, 0.2) is 5.58 Å². The highest BCUT2D eigenvalue weighted by molar-refractivity contribution is 6.00. The van der Waals surface area contributed by atoms with Crippen LogP contribution in [0.4, 0.5) is 16.2 Å². The highest BCUT2D eigenvalue weighted by atomic mass is 16.5. The average Bonchev–Trinajstić information content (AvgIpc) is 2.93. The third-order valence-corrected chi connectivity index (χ3v) is 4.38. The Morgan fingerprint density at radius 2 is 1.85 bits per heavy atom. The van der Waals surface area contributed by atoms with Crippen molar-refractivity contribution in [2.75, 3.05) is 10.6 Å². The number of carbonyl (C=O) groups excluding carboxylic acids is 1. The average molecular weight is 353 g/mol. The van der Waals surface area contributed by atoms with Crippen LogP contribution in [-0.4, -0.2) is 16.6 Å². The minimum Gasteiger partial charge on any atom is -0.488 e. The molecule has 0 bridgehead atoms. The summed E-state index contributed by atoms with van der Waals surface area (Å²) in [7, 11) is 0. The number of hydrogen-bond acceptors (Lipinski definition) is 4. The highest BCUT2D eigenvalue weighted by Gasteiger charge is 2.26. The van der Waals surface area contributed by atoms with Crippen molar-refractivity contribution in [3.05, 3.63) is 52.5 Å². The Balaban J connectivity index is 1.46. The molecule has 7 nitrogen and oxygen atoms in total. The molecule has 134 valence electrons. The molecule has 0 saturated carbocycles. The van der Waals surface area contributed by atoms with Crippen molar-refractivity contribution in [3.8, 4) is 5.75 Å². The molecule has 1 aliphatic heterocycles. The minimum absolute atomic E-state index is 0.162.